The largest absolute Gasteiger partial charge is 0.335 e. The SMILES string of the molecule is C=Nc1ccccc1N(Cc1ccc(-n2c3ccccc3c3ccc4sc(-c5ccccc5)nc4c32)cc1)c1ccccc1. The van der Waals surface area contributed by atoms with E-state index in [-0.39, 0.29) is 0 Å². The number of hydrogen-bond acceptors (Lipinski definition) is 4. The van der Waals surface area contributed by atoms with Crippen LogP contribution in [0.4, 0.5) is 17.1 Å². The molecule has 0 N–H and O–H groups in total. The predicted octanol–water partition coefficient (Wildman–Crippen LogP) is 10.7. The first kappa shape index (κ1) is 26.1. The highest BCUT2D eigenvalue weighted by atomic mass is 32.1. The second-order valence-corrected chi connectivity index (χ2v) is 11.8. The molecule has 6 aromatic carbocycles. The zero-order valence-electron chi connectivity index (χ0n) is 24.0. The molecule has 0 saturated carbocycles. The minimum atomic E-state index is 0.695. The number of nitrogens with zero attached hydrogens (tertiary/aromatic N) is 4. The molecule has 2 heterocycles. The molecule has 8 rings (SSSR count). The first-order valence-electron chi connectivity index (χ1n) is 14.6. The maximum atomic E-state index is 5.21. The fraction of sp³-hybridized carbons (Fsp3) is 0.0256. The van der Waals surface area contributed by atoms with Gasteiger partial charge in [-0.1, -0.05) is 97.1 Å². The maximum absolute atomic E-state index is 5.21. The van der Waals surface area contributed by atoms with E-state index in [2.05, 4.69) is 136 Å². The van der Waals surface area contributed by atoms with Crippen molar-refractivity contribution in [2.24, 2.45) is 4.99 Å². The lowest BCUT2D eigenvalue weighted by molar-refractivity contribution is 0.973. The monoisotopic (exact) mass is 584 g/mol. The molecule has 4 nitrogen and oxygen atoms in total. The molecule has 0 fully saturated rings. The molecule has 0 bridgehead atoms. The van der Waals surface area contributed by atoms with E-state index in [0.29, 0.717) is 6.54 Å². The van der Waals surface area contributed by atoms with Crippen molar-refractivity contribution in [3.05, 3.63) is 151 Å². The zero-order valence-corrected chi connectivity index (χ0v) is 24.8. The Labute approximate surface area is 259 Å². The molecule has 44 heavy (non-hydrogen) atoms. The molecule has 5 heteroatoms. The van der Waals surface area contributed by atoms with Crippen LogP contribution in [0.3, 0.4) is 0 Å². The summed E-state index contributed by atoms with van der Waals surface area (Å²) in [4.78, 5) is 11.8. The molecule has 0 radical (unpaired) electrons. The molecular formula is C39H28N4S. The van der Waals surface area contributed by atoms with Gasteiger partial charge in [0.1, 0.15) is 10.5 Å². The molecule has 0 atom stereocenters. The van der Waals surface area contributed by atoms with Gasteiger partial charge in [-0.2, -0.15) is 0 Å². The van der Waals surface area contributed by atoms with Gasteiger partial charge < -0.3 is 9.47 Å². The lowest BCUT2D eigenvalue weighted by Crippen LogP contribution is -2.16. The normalized spacial score (nSPS) is 11.4. The van der Waals surface area contributed by atoms with Crippen LogP contribution in [0.2, 0.25) is 0 Å². The van der Waals surface area contributed by atoms with Gasteiger partial charge in [-0.15, -0.1) is 11.3 Å². The van der Waals surface area contributed by atoms with Crippen LogP contribution in [0.5, 0.6) is 0 Å². The van der Waals surface area contributed by atoms with E-state index in [9.17, 15) is 0 Å². The molecule has 0 spiro atoms. The van der Waals surface area contributed by atoms with Crippen molar-refractivity contribution in [1.82, 2.24) is 9.55 Å². The number of aliphatic imine (C=N–C) groups is 1. The predicted molar refractivity (Wildman–Crippen MR) is 187 cm³/mol. The lowest BCUT2D eigenvalue weighted by Gasteiger charge is -2.26. The molecule has 0 saturated heterocycles. The summed E-state index contributed by atoms with van der Waals surface area (Å²) in [5.74, 6) is 0. The Hall–Kier alpha value is -5.52. The van der Waals surface area contributed by atoms with Crippen molar-refractivity contribution in [3.63, 3.8) is 0 Å². The van der Waals surface area contributed by atoms with Crippen molar-refractivity contribution in [2.75, 3.05) is 4.90 Å². The summed E-state index contributed by atoms with van der Waals surface area (Å²) < 4.78 is 3.56. The first-order valence-corrected chi connectivity index (χ1v) is 15.5. The first-order chi connectivity index (χ1) is 21.8. The summed E-state index contributed by atoms with van der Waals surface area (Å²) in [5, 5.41) is 3.48. The highest BCUT2D eigenvalue weighted by Crippen LogP contribution is 2.40. The van der Waals surface area contributed by atoms with Crippen molar-refractivity contribution in [3.8, 4) is 16.3 Å². The molecule has 210 valence electrons. The van der Waals surface area contributed by atoms with Crippen LogP contribution in [0.15, 0.2) is 151 Å². The minimum absolute atomic E-state index is 0.695. The minimum Gasteiger partial charge on any atom is -0.335 e. The van der Waals surface area contributed by atoms with Gasteiger partial charge in [0.25, 0.3) is 0 Å². The van der Waals surface area contributed by atoms with Crippen LogP contribution in [-0.4, -0.2) is 16.3 Å². The Balaban J connectivity index is 1.25. The Morgan fingerprint density at radius 1 is 0.682 bits per heavy atom. The topological polar surface area (TPSA) is 33.4 Å². The fourth-order valence-electron chi connectivity index (χ4n) is 6.10. The number of para-hydroxylation sites is 4. The number of anilines is 2. The third-order valence-electron chi connectivity index (χ3n) is 8.16. The van der Waals surface area contributed by atoms with Crippen LogP contribution >= 0.6 is 11.3 Å². The smallest absolute Gasteiger partial charge is 0.124 e. The summed E-state index contributed by atoms with van der Waals surface area (Å²) in [6.07, 6.45) is 0. The third-order valence-corrected chi connectivity index (χ3v) is 9.23. The number of rotatable bonds is 7. The van der Waals surface area contributed by atoms with Crippen molar-refractivity contribution in [2.45, 2.75) is 6.54 Å². The van der Waals surface area contributed by atoms with Crippen LogP contribution in [0, 0.1) is 0 Å². The Bertz CT molecular complexity index is 2270. The quantitative estimate of drug-likeness (QED) is 0.175. The van der Waals surface area contributed by atoms with Crippen LogP contribution in [0.1, 0.15) is 5.56 Å². The standard InChI is InChI=1S/C39H28N4S/c1-40-33-17-9-11-19-35(33)42(29-14-6-3-7-15-29)26-27-20-22-30(23-21-27)43-34-18-10-8-16-31(34)32-24-25-36-37(38(32)43)41-39(44-36)28-12-4-2-5-13-28/h2-25H,1,26H2. The zero-order chi connectivity index (χ0) is 29.5. The highest BCUT2D eigenvalue weighted by molar-refractivity contribution is 7.21. The molecule has 0 aliphatic heterocycles. The van der Waals surface area contributed by atoms with Crippen molar-refractivity contribution < 1.29 is 0 Å². The number of fused-ring (bicyclic) bond motifs is 5. The molecular weight excluding hydrogens is 557 g/mol. The Kier molecular flexibility index (Phi) is 6.51. The second kappa shape index (κ2) is 11.0. The fourth-order valence-corrected chi connectivity index (χ4v) is 7.07. The summed E-state index contributed by atoms with van der Waals surface area (Å²) in [7, 11) is 0. The number of benzene rings is 6. The average molecular weight is 585 g/mol. The Morgan fingerprint density at radius 2 is 1.39 bits per heavy atom. The van der Waals surface area contributed by atoms with E-state index in [4.69, 9.17) is 4.98 Å². The molecule has 0 aliphatic rings. The number of aromatic nitrogens is 2. The van der Waals surface area contributed by atoms with Crippen LogP contribution < -0.4 is 4.90 Å². The van der Waals surface area contributed by atoms with Gasteiger partial charge in [0.05, 0.1) is 27.1 Å². The van der Waals surface area contributed by atoms with E-state index >= 15 is 0 Å². The second-order valence-electron chi connectivity index (χ2n) is 10.8. The van der Waals surface area contributed by atoms with Crippen LogP contribution in [0.25, 0.3) is 48.3 Å². The van der Waals surface area contributed by atoms with Crippen molar-refractivity contribution >= 4 is 67.1 Å². The number of thiazole rings is 1. The van der Waals surface area contributed by atoms with Crippen LogP contribution in [-0.2, 0) is 6.54 Å². The van der Waals surface area contributed by atoms with Gasteiger partial charge in [0, 0.05) is 34.3 Å². The number of hydrogen-bond donors (Lipinski definition) is 0. The Morgan fingerprint density at radius 3 is 2.18 bits per heavy atom. The molecule has 0 amide bonds. The maximum Gasteiger partial charge on any atom is 0.124 e. The van der Waals surface area contributed by atoms with E-state index in [1.807, 2.05) is 30.3 Å². The molecule has 0 unspecified atom stereocenters. The summed E-state index contributed by atoms with van der Waals surface area (Å²) in [5.41, 5.74) is 9.81. The summed E-state index contributed by atoms with van der Waals surface area (Å²) in [6, 6.07) is 51.1. The van der Waals surface area contributed by atoms with E-state index in [0.717, 1.165) is 44.4 Å². The highest BCUT2D eigenvalue weighted by Gasteiger charge is 2.19. The van der Waals surface area contributed by atoms with Gasteiger partial charge in [-0.3, -0.25) is 4.99 Å². The van der Waals surface area contributed by atoms with Gasteiger partial charge in [0.2, 0.25) is 0 Å². The van der Waals surface area contributed by atoms with Gasteiger partial charge in [0.15, 0.2) is 0 Å². The summed E-state index contributed by atoms with van der Waals surface area (Å²) in [6.45, 7) is 4.52. The lowest BCUT2D eigenvalue weighted by atomic mass is 10.1. The molecule has 0 aliphatic carbocycles. The van der Waals surface area contributed by atoms with Gasteiger partial charge in [-0.25, -0.2) is 4.98 Å². The van der Waals surface area contributed by atoms with Crippen molar-refractivity contribution in [1.29, 1.82) is 0 Å². The molecule has 2 aromatic heterocycles. The van der Waals surface area contributed by atoms with E-state index < -0.39 is 0 Å². The third kappa shape index (κ3) is 4.46. The average Bonchev–Trinajstić information content (AvgIpc) is 3.68. The van der Waals surface area contributed by atoms with E-state index in [1.54, 1.807) is 11.3 Å². The van der Waals surface area contributed by atoms with Gasteiger partial charge in [-0.05, 0) is 60.8 Å². The summed E-state index contributed by atoms with van der Waals surface area (Å²) >= 11 is 1.74. The van der Waals surface area contributed by atoms with E-state index in [1.165, 1.54) is 26.6 Å². The van der Waals surface area contributed by atoms with Gasteiger partial charge >= 0.3 is 0 Å². The molecule has 8 aromatic rings.